The van der Waals surface area contributed by atoms with Gasteiger partial charge in [-0.2, -0.15) is 0 Å². The summed E-state index contributed by atoms with van der Waals surface area (Å²) in [6.45, 7) is 2.82. The number of hydrogen-bond donors (Lipinski definition) is 1. The van der Waals surface area contributed by atoms with E-state index in [0.717, 1.165) is 45.3 Å². The highest BCUT2D eigenvalue weighted by Crippen LogP contribution is 2.40. The summed E-state index contributed by atoms with van der Waals surface area (Å²) < 4.78 is 0. The van der Waals surface area contributed by atoms with Gasteiger partial charge in [0.15, 0.2) is 0 Å². The van der Waals surface area contributed by atoms with Gasteiger partial charge < -0.3 is 5.11 Å². The van der Waals surface area contributed by atoms with Crippen molar-refractivity contribution in [2.75, 3.05) is 13.1 Å². The van der Waals surface area contributed by atoms with Crippen LogP contribution in [0.15, 0.2) is 24.3 Å². The van der Waals surface area contributed by atoms with Crippen LogP contribution in [-0.2, 0) is 13.0 Å². The largest absolute Gasteiger partial charge is 0.392 e. The molecule has 1 atom stereocenters. The molecule has 0 radical (unpaired) electrons. The maximum atomic E-state index is 10.4. The monoisotopic (exact) mass is 325 g/mol. The third-order valence-corrected chi connectivity index (χ3v) is 5.99. The lowest BCUT2D eigenvalue weighted by molar-refractivity contribution is 0.0927. The standard InChI is InChI=1S/C22H31NO/c1-2-22(13-6-3-7-14-22)15-8-11-21(24)18-23-16-12-19-9-4-5-10-20(19)17-23/h1,4-5,9-10,21,24H,3,6-8,11-18H2. The first kappa shape index (κ1) is 17.5. The Hall–Kier alpha value is -1.30. The Balaban J connectivity index is 1.42. The first-order valence-corrected chi connectivity index (χ1v) is 9.66. The van der Waals surface area contributed by atoms with Crippen molar-refractivity contribution in [1.82, 2.24) is 4.90 Å². The summed E-state index contributed by atoms with van der Waals surface area (Å²) in [7, 11) is 0. The van der Waals surface area contributed by atoms with Gasteiger partial charge in [-0.15, -0.1) is 6.42 Å². The van der Waals surface area contributed by atoms with E-state index < -0.39 is 0 Å². The number of β-amino-alcohol motifs (C(OH)–C–C–N with tert-alkyl or cyclic N) is 1. The number of rotatable bonds is 6. The van der Waals surface area contributed by atoms with E-state index in [1.807, 2.05) is 0 Å². The zero-order valence-electron chi connectivity index (χ0n) is 14.8. The van der Waals surface area contributed by atoms with Gasteiger partial charge in [-0.05, 0) is 49.7 Å². The predicted molar refractivity (Wildman–Crippen MR) is 99.6 cm³/mol. The molecule has 1 saturated carbocycles. The molecule has 2 nitrogen and oxygen atoms in total. The van der Waals surface area contributed by atoms with Crippen LogP contribution in [0.5, 0.6) is 0 Å². The number of aliphatic hydroxyl groups is 1. The highest BCUT2D eigenvalue weighted by Gasteiger charge is 2.29. The van der Waals surface area contributed by atoms with Crippen LogP contribution in [0.3, 0.4) is 0 Å². The second kappa shape index (κ2) is 8.19. The van der Waals surface area contributed by atoms with Gasteiger partial charge in [0.05, 0.1) is 6.10 Å². The second-order valence-electron chi connectivity index (χ2n) is 7.79. The predicted octanol–water partition coefficient (Wildman–Crippen LogP) is 4.16. The second-order valence-corrected chi connectivity index (χ2v) is 7.79. The van der Waals surface area contributed by atoms with Crippen molar-refractivity contribution in [2.45, 2.75) is 70.4 Å². The molecule has 130 valence electrons. The van der Waals surface area contributed by atoms with Gasteiger partial charge in [-0.1, -0.05) is 49.4 Å². The maximum Gasteiger partial charge on any atom is 0.0667 e. The van der Waals surface area contributed by atoms with Crippen molar-refractivity contribution in [3.63, 3.8) is 0 Å². The van der Waals surface area contributed by atoms with E-state index in [2.05, 4.69) is 35.1 Å². The molecule has 2 aliphatic rings. The molecular formula is C22H31NO. The lowest BCUT2D eigenvalue weighted by Gasteiger charge is -2.33. The van der Waals surface area contributed by atoms with Crippen molar-refractivity contribution in [3.8, 4) is 12.3 Å². The molecule has 0 saturated heterocycles. The van der Waals surface area contributed by atoms with Crippen LogP contribution in [0.1, 0.15) is 62.5 Å². The van der Waals surface area contributed by atoms with Crippen LogP contribution >= 0.6 is 0 Å². The lowest BCUT2D eigenvalue weighted by atomic mass is 9.71. The summed E-state index contributed by atoms with van der Waals surface area (Å²) in [6.07, 6.45) is 16.0. The van der Waals surface area contributed by atoms with Crippen LogP contribution in [0.4, 0.5) is 0 Å². The third kappa shape index (κ3) is 4.41. The molecule has 1 unspecified atom stereocenters. The maximum absolute atomic E-state index is 10.4. The summed E-state index contributed by atoms with van der Waals surface area (Å²) in [5, 5.41) is 10.4. The summed E-state index contributed by atoms with van der Waals surface area (Å²) in [5.74, 6) is 3.09. The molecule has 1 aromatic carbocycles. The van der Waals surface area contributed by atoms with Crippen molar-refractivity contribution < 1.29 is 5.11 Å². The van der Waals surface area contributed by atoms with Gasteiger partial charge >= 0.3 is 0 Å². The average molecular weight is 325 g/mol. The average Bonchev–Trinajstić information content (AvgIpc) is 2.62. The Morgan fingerprint density at radius 1 is 1.17 bits per heavy atom. The van der Waals surface area contributed by atoms with Crippen molar-refractivity contribution in [2.24, 2.45) is 5.41 Å². The minimum Gasteiger partial charge on any atom is -0.392 e. The van der Waals surface area contributed by atoms with Gasteiger partial charge in [0, 0.05) is 25.0 Å². The molecule has 1 fully saturated rings. The van der Waals surface area contributed by atoms with Gasteiger partial charge in [0.2, 0.25) is 0 Å². The van der Waals surface area contributed by atoms with Crippen LogP contribution in [0.25, 0.3) is 0 Å². The molecule has 1 aromatic rings. The lowest BCUT2D eigenvalue weighted by Crippen LogP contribution is -2.36. The van der Waals surface area contributed by atoms with Crippen molar-refractivity contribution >= 4 is 0 Å². The molecule has 1 aliphatic heterocycles. The van der Waals surface area contributed by atoms with E-state index in [4.69, 9.17) is 6.42 Å². The van der Waals surface area contributed by atoms with E-state index >= 15 is 0 Å². The first-order valence-electron chi connectivity index (χ1n) is 9.66. The highest BCUT2D eigenvalue weighted by molar-refractivity contribution is 5.29. The molecule has 1 N–H and O–H groups in total. The Morgan fingerprint density at radius 2 is 1.92 bits per heavy atom. The molecule has 1 heterocycles. The van der Waals surface area contributed by atoms with Crippen LogP contribution in [0.2, 0.25) is 0 Å². The third-order valence-electron chi connectivity index (χ3n) is 5.99. The van der Waals surface area contributed by atoms with E-state index in [0.29, 0.717) is 0 Å². The number of terminal acetylenes is 1. The minimum absolute atomic E-state index is 0.127. The minimum atomic E-state index is -0.228. The molecular weight excluding hydrogens is 294 g/mol. The van der Waals surface area contributed by atoms with Gasteiger partial charge in [-0.3, -0.25) is 4.90 Å². The number of aliphatic hydroxyl groups excluding tert-OH is 1. The van der Waals surface area contributed by atoms with E-state index in [-0.39, 0.29) is 11.5 Å². The van der Waals surface area contributed by atoms with E-state index in [1.54, 1.807) is 0 Å². The number of benzene rings is 1. The molecule has 24 heavy (non-hydrogen) atoms. The van der Waals surface area contributed by atoms with Crippen molar-refractivity contribution in [1.29, 1.82) is 0 Å². The molecule has 0 amide bonds. The fourth-order valence-electron chi connectivity index (χ4n) is 4.47. The summed E-state index contributed by atoms with van der Waals surface area (Å²) in [5.41, 5.74) is 3.02. The summed E-state index contributed by atoms with van der Waals surface area (Å²) >= 11 is 0. The zero-order valence-corrected chi connectivity index (χ0v) is 14.8. The van der Waals surface area contributed by atoms with Crippen LogP contribution in [0, 0.1) is 17.8 Å². The highest BCUT2D eigenvalue weighted by atomic mass is 16.3. The Bertz CT molecular complexity index is 568. The number of nitrogens with zero attached hydrogens (tertiary/aromatic N) is 1. The first-order chi connectivity index (χ1) is 11.7. The molecule has 2 heteroatoms. The molecule has 3 rings (SSSR count). The fraction of sp³-hybridized carbons (Fsp3) is 0.636. The smallest absolute Gasteiger partial charge is 0.0667 e. The van der Waals surface area contributed by atoms with Gasteiger partial charge in [0.1, 0.15) is 0 Å². The Labute approximate surface area is 147 Å². The molecule has 1 aliphatic carbocycles. The van der Waals surface area contributed by atoms with E-state index in [1.165, 1.54) is 43.2 Å². The fourth-order valence-corrected chi connectivity index (χ4v) is 4.47. The van der Waals surface area contributed by atoms with Crippen LogP contribution < -0.4 is 0 Å². The van der Waals surface area contributed by atoms with Gasteiger partial charge in [-0.25, -0.2) is 0 Å². The molecule has 0 spiro atoms. The Morgan fingerprint density at radius 3 is 2.67 bits per heavy atom. The number of hydrogen-bond acceptors (Lipinski definition) is 2. The van der Waals surface area contributed by atoms with Gasteiger partial charge in [0.25, 0.3) is 0 Å². The number of fused-ring (bicyclic) bond motifs is 1. The molecule has 0 aromatic heterocycles. The Kier molecular flexibility index (Phi) is 5.98. The normalized spacial score (nSPS) is 21.7. The van der Waals surface area contributed by atoms with Crippen LogP contribution in [-0.4, -0.2) is 29.2 Å². The SMILES string of the molecule is C#CC1(CCCC(O)CN2CCc3ccccc3C2)CCCCC1. The topological polar surface area (TPSA) is 23.5 Å². The van der Waals surface area contributed by atoms with E-state index in [9.17, 15) is 5.11 Å². The quantitative estimate of drug-likeness (QED) is 0.794. The zero-order chi connectivity index (χ0) is 16.8. The summed E-state index contributed by atoms with van der Waals surface area (Å²) in [6, 6.07) is 8.68. The molecule has 0 bridgehead atoms. The summed E-state index contributed by atoms with van der Waals surface area (Å²) in [4.78, 5) is 2.39. The van der Waals surface area contributed by atoms with Crippen molar-refractivity contribution in [3.05, 3.63) is 35.4 Å².